The van der Waals surface area contributed by atoms with Gasteiger partial charge in [-0.2, -0.15) is 0 Å². The van der Waals surface area contributed by atoms with E-state index in [0.29, 0.717) is 0 Å². The van der Waals surface area contributed by atoms with Crippen LogP contribution in [0.2, 0.25) is 0 Å². The lowest BCUT2D eigenvalue weighted by Gasteiger charge is -2.16. The van der Waals surface area contributed by atoms with E-state index in [1.54, 1.807) is 5.56 Å². The van der Waals surface area contributed by atoms with Gasteiger partial charge in [0, 0.05) is 33.1 Å². The number of aromatic nitrogens is 1. The molecule has 1 aliphatic carbocycles. The van der Waals surface area contributed by atoms with E-state index in [9.17, 15) is 0 Å². The molecule has 3 N–H and O–H groups in total. The first-order valence-corrected chi connectivity index (χ1v) is 11.2. The number of para-hydroxylation sites is 2. The van der Waals surface area contributed by atoms with Gasteiger partial charge >= 0.3 is 0 Å². The van der Waals surface area contributed by atoms with Crippen LogP contribution in [0.4, 0.5) is 5.69 Å². The Kier molecular flexibility index (Phi) is 5.01. The van der Waals surface area contributed by atoms with Gasteiger partial charge in [0.15, 0.2) is 0 Å². The fourth-order valence-electron chi connectivity index (χ4n) is 5.12. The van der Waals surface area contributed by atoms with Crippen LogP contribution in [0.3, 0.4) is 0 Å². The Balaban J connectivity index is 1.81. The van der Waals surface area contributed by atoms with E-state index in [1.165, 1.54) is 90.7 Å². The lowest BCUT2D eigenvalue weighted by atomic mass is 9.89. The van der Waals surface area contributed by atoms with Crippen LogP contribution in [-0.4, -0.2) is 4.98 Å². The second kappa shape index (κ2) is 7.94. The molecule has 0 aliphatic heterocycles. The van der Waals surface area contributed by atoms with Crippen LogP contribution in [0.1, 0.15) is 56.1 Å². The molecule has 1 heterocycles. The summed E-state index contributed by atoms with van der Waals surface area (Å²) in [6.45, 7) is 0. The number of rotatable bonds is 1. The molecular formula is C27H30N2. The Bertz CT molecular complexity index is 1150. The molecule has 5 rings (SSSR count). The monoisotopic (exact) mass is 382 g/mol. The fourth-order valence-corrected chi connectivity index (χ4v) is 5.12. The summed E-state index contributed by atoms with van der Waals surface area (Å²) in [6.07, 6.45) is 11.8. The summed E-state index contributed by atoms with van der Waals surface area (Å²) in [4.78, 5) is 3.74. The highest BCUT2D eigenvalue weighted by Crippen LogP contribution is 2.40. The summed E-state index contributed by atoms with van der Waals surface area (Å²) >= 11 is 0. The summed E-state index contributed by atoms with van der Waals surface area (Å²) in [7, 11) is 0. The Morgan fingerprint density at radius 1 is 0.690 bits per heavy atom. The maximum atomic E-state index is 6.42. The van der Waals surface area contributed by atoms with Crippen molar-refractivity contribution < 1.29 is 0 Å². The van der Waals surface area contributed by atoms with E-state index in [0.717, 1.165) is 11.3 Å². The number of benzene rings is 3. The molecule has 0 saturated heterocycles. The lowest BCUT2D eigenvalue weighted by molar-refractivity contribution is 0.588. The van der Waals surface area contributed by atoms with E-state index in [-0.39, 0.29) is 0 Å². The quantitative estimate of drug-likeness (QED) is 0.331. The number of nitrogens with two attached hydrogens (primary N) is 1. The zero-order valence-electron chi connectivity index (χ0n) is 17.1. The van der Waals surface area contributed by atoms with Gasteiger partial charge in [0.25, 0.3) is 0 Å². The number of anilines is 1. The third-order valence-electron chi connectivity index (χ3n) is 6.61. The Morgan fingerprint density at radius 3 is 2.21 bits per heavy atom. The highest BCUT2D eigenvalue weighted by molar-refractivity contribution is 6.14. The van der Waals surface area contributed by atoms with Crippen LogP contribution < -0.4 is 5.73 Å². The Hall–Kier alpha value is -2.74. The number of nitrogen functional groups attached to an aromatic ring is 1. The molecule has 0 atom stereocenters. The number of hydrogen-bond acceptors (Lipinski definition) is 1. The minimum absolute atomic E-state index is 0.851. The average Bonchev–Trinajstić information content (AvgIpc) is 3.10. The number of fused-ring (bicyclic) bond motifs is 5. The highest BCUT2D eigenvalue weighted by Gasteiger charge is 2.19. The number of nitrogens with one attached hydrogen (secondary N) is 1. The molecule has 148 valence electrons. The molecule has 0 unspecified atom stereocenters. The van der Waals surface area contributed by atoms with Crippen LogP contribution in [-0.2, 0) is 12.8 Å². The maximum absolute atomic E-state index is 6.42. The highest BCUT2D eigenvalue weighted by atomic mass is 14.7. The zero-order chi connectivity index (χ0) is 19.6. The first kappa shape index (κ1) is 18.3. The fraction of sp³-hybridized carbons (Fsp3) is 0.333. The summed E-state index contributed by atoms with van der Waals surface area (Å²) in [5, 5.41) is 2.78. The topological polar surface area (TPSA) is 41.8 Å². The van der Waals surface area contributed by atoms with E-state index in [4.69, 9.17) is 5.73 Å². The third-order valence-corrected chi connectivity index (χ3v) is 6.61. The molecule has 0 amide bonds. The first-order valence-electron chi connectivity index (χ1n) is 11.2. The summed E-state index contributed by atoms with van der Waals surface area (Å²) in [6, 6.07) is 19.5. The van der Waals surface area contributed by atoms with Gasteiger partial charge in [0.1, 0.15) is 0 Å². The van der Waals surface area contributed by atoms with Crippen molar-refractivity contribution in [2.24, 2.45) is 0 Å². The predicted octanol–water partition coefficient (Wildman–Crippen LogP) is 7.40. The van der Waals surface area contributed by atoms with E-state index < -0.39 is 0 Å². The molecule has 0 fully saturated rings. The Morgan fingerprint density at radius 2 is 1.38 bits per heavy atom. The molecular weight excluding hydrogens is 352 g/mol. The van der Waals surface area contributed by atoms with Crippen molar-refractivity contribution >= 4 is 27.5 Å². The molecule has 0 spiro atoms. The van der Waals surface area contributed by atoms with Gasteiger partial charge in [-0.05, 0) is 55.0 Å². The smallest absolute Gasteiger partial charge is 0.0548 e. The summed E-state index contributed by atoms with van der Waals surface area (Å²) in [5.41, 5.74) is 15.2. The summed E-state index contributed by atoms with van der Waals surface area (Å²) in [5.74, 6) is 0. The van der Waals surface area contributed by atoms with Crippen molar-refractivity contribution in [3.05, 3.63) is 65.7 Å². The predicted molar refractivity (Wildman–Crippen MR) is 125 cm³/mol. The lowest BCUT2D eigenvalue weighted by Crippen LogP contribution is -1.99. The number of hydrogen-bond donors (Lipinski definition) is 2. The van der Waals surface area contributed by atoms with Gasteiger partial charge in [-0.25, -0.2) is 0 Å². The molecule has 0 saturated carbocycles. The van der Waals surface area contributed by atoms with E-state index in [2.05, 4.69) is 47.4 Å². The first-order chi connectivity index (χ1) is 14.3. The van der Waals surface area contributed by atoms with Crippen molar-refractivity contribution in [2.45, 2.75) is 57.8 Å². The van der Waals surface area contributed by atoms with E-state index in [1.807, 2.05) is 12.1 Å². The molecule has 1 aromatic heterocycles. The minimum atomic E-state index is 0.851. The van der Waals surface area contributed by atoms with Crippen LogP contribution in [0, 0.1) is 0 Å². The second-order valence-electron chi connectivity index (χ2n) is 8.54. The molecule has 2 nitrogen and oxygen atoms in total. The third kappa shape index (κ3) is 3.42. The Labute approximate surface area is 173 Å². The van der Waals surface area contributed by atoms with Crippen LogP contribution in [0.25, 0.3) is 32.9 Å². The SMILES string of the molecule is Nc1ccccc1-c1cc2c(c3c1[nH]c1ccccc13)CCCCCCCCC2. The van der Waals surface area contributed by atoms with Crippen LogP contribution >= 0.6 is 0 Å². The largest absolute Gasteiger partial charge is 0.398 e. The van der Waals surface area contributed by atoms with Gasteiger partial charge in [-0.3, -0.25) is 0 Å². The summed E-state index contributed by atoms with van der Waals surface area (Å²) < 4.78 is 0. The van der Waals surface area contributed by atoms with Crippen molar-refractivity contribution in [3.8, 4) is 11.1 Å². The van der Waals surface area contributed by atoms with Crippen LogP contribution in [0.5, 0.6) is 0 Å². The standard InChI is InChI=1S/C27H30N2/c28-24-16-10-8-14-21(24)23-18-19-12-6-4-2-1-3-5-7-13-20(19)26-22-15-9-11-17-25(22)29-27(23)26/h8-11,14-18,29H,1-7,12-13,28H2. The number of aromatic amines is 1. The van der Waals surface area contributed by atoms with Crippen molar-refractivity contribution in [2.75, 3.05) is 5.73 Å². The normalized spacial score (nSPS) is 15.9. The average molecular weight is 383 g/mol. The van der Waals surface area contributed by atoms with E-state index >= 15 is 0 Å². The van der Waals surface area contributed by atoms with Crippen molar-refractivity contribution in [1.82, 2.24) is 4.98 Å². The van der Waals surface area contributed by atoms with Gasteiger partial charge in [-0.1, -0.05) is 68.5 Å². The number of aryl methyl sites for hydroxylation is 2. The molecule has 4 aromatic rings. The van der Waals surface area contributed by atoms with Gasteiger partial charge in [-0.15, -0.1) is 0 Å². The molecule has 0 bridgehead atoms. The molecule has 29 heavy (non-hydrogen) atoms. The molecule has 1 aliphatic rings. The minimum Gasteiger partial charge on any atom is -0.398 e. The second-order valence-corrected chi connectivity index (χ2v) is 8.54. The van der Waals surface area contributed by atoms with Crippen molar-refractivity contribution in [3.63, 3.8) is 0 Å². The molecule has 2 heteroatoms. The molecule has 3 aromatic carbocycles. The van der Waals surface area contributed by atoms with Crippen molar-refractivity contribution in [1.29, 1.82) is 0 Å². The maximum Gasteiger partial charge on any atom is 0.0548 e. The molecule has 0 radical (unpaired) electrons. The van der Waals surface area contributed by atoms with Crippen LogP contribution in [0.15, 0.2) is 54.6 Å². The van der Waals surface area contributed by atoms with Gasteiger partial charge < -0.3 is 10.7 Å². The van der Waals surface area contributed by atoms with Gasteiger partial charge in [0.05, 0.1) is 5.52 Å². The van der Waals surface area contributed by atoms with Gasteiger partial charge in [0.2, 0.25) is 0 Å². The zero-order valence-corrected chi connectivity index (χ0v) is 17.1. The number of H-pyrrole nitrogens is 1.